The number of nitrogens with one attached hydrogen (secondary N) is 2. The van der Waals surface area contributed by atoms with Crippen molar-refractivity contribution < 1.29 is 13.3 Å². The van der Waals surface area contributed by atoms with Crippen LogP contribution in [-0.4, -0.2) is 36.7 Å². The summed E-state index contributed by atoms with van der Waals surface area (Å²) in [6, 6.07) is 14.2. The number of thioether (sulfide) groups is 1. The molecule has 0 unspecified atom stereocenters. The molecule has 5 rings (SSSR count). The number of rotatable bonds is 7. The van der Waals surface area contributed by atoms with Crippen LogP contribution in [0.25, 0.3) is 11.3 Å². The molecule has 1 aliphatic carbocycles. The van der Waals surface area contributed by atoms with E-state index in [4.69, 9.17) is 4.98 Å². The van der Waals surface area contributed by atoms with Gasteiger partial charge in [-0.15, -0.1) is 23.1 Å². The van der Waals surface area contributed by atoms with Gasteiger partial charge in [0.1, 0.15) is 0 Å². The van der Waals surface area contributed by atoms with E-state index < -0.39 is 20.6 Å². The number of benzene rings is 2. The highest BCUT2D eigenvalue weighted by atomic mass is 32.2. The molecule has 0 spiro atoms. The van der Waals surface area contributed by atoms with Crippen molar-refractivity contribution in [2.75, 3.05) is 17.6 Å². The van der Waals surface area contributed by atoms with Gasteiger partial charge in [0, 0.05) is 39.7 Å². The summed E-state index contributed by atoms with van der Waals surface area (Å²) in [6.45, 7) is 0.279. The number of fused-ring (bicyclic) bond motifs is 3. The number of nitrogens with zero attached hydrogens (tertiary/aromatic N) is 2. The minimum Gasteiger partial charge on any atom is -0.359 e. The topological polar surface area (TPSA) is 114 Å². The predicted octanol–water partition coefficient (Wildman–Crippen LogP) is 5.32. The lowest BCUT2D eigenvalue weighted by atomic mass is 9.86. The van der Waals surface area contributed by atoms with Crippen molar-refractivity contribution in [3.63, 3.8) is 0 Å². The van der Waals surface area contributed by atoms with E-state index in [1.165, 1.54) is 39.6 Å². The molecular weight excluding hydrogens is 504 g/mol. The van der Waals surface area contributed by atoms with Gasteiger partial charge in [0.25, 0.3) is 5.69 Å². The Bertz CT molecular complexity index is 1330. The van der Waals surface area contributed by atoms with Crippen LogP contribution in [0.3, 0.4) is 0 Å². The highest BCUT2D eigenvalue weighted by Gasteiger charge is 2.28. The first-order valence-corrected chi connectivity index (χ1v) is 14.9. The SMILES string of the molecule is O=[N+]([O-])c1ccccc1S(=O)(=O)NC[C@H]1CC[C@H](Nc2nc3c(s2)CCSc2ccccc2-3)CC1. The summed E-state index contributed by atoms with van der Waals surface area (Å²) in [5.41, 5.74) is 1.90. The highest BCUT2D eigenvalue weighted by Crippen LogP contribution is 2.41. The smallest absolute Gasteiger partial charge is 0.289 e. The van der Waals surface area contributed by atoms with Gasteiger partial charge < -0.3 is 5.32 Å². The first-order valence-electron chi connectivity index (χ1n) is 11.6. The zero-order valence-corrected chi connectivity index (χ0v) is 21.4. The lowest BCUT2D eigenvalue weighted by Crippen LogP contribution is -2.34. The van der Waals surface area contributed by atoms with Crippen molar-refractivity contribution in [3.8, 4) is 11.3 Å². The molecule has 2 aliphatic rings. The largest absolute Gasteiger partial charge is 0.359 e. The van der Waals surface area contributed by atoms with Gasteiger partial charge in [0.15, 0.2) is 10.0 Å². The van der Waals surface area contributed by atoms with Crippen molar-refractivity contribution in [1.29, 1.82) is 0 Å². The van der Waals surface area contributed by atoms with Crippen LogP contribution in [0.1, 0.15) is 30.6 Å². The molecule has 0 amide bonds. The molecule has 8 nitrogen and oxygen atoms in total. The summed E-state index contributed by atoms with van der Waals surface area (Å²) in [4.78, 5) is 17.8. The summed E-state index contributed by atoms with van der Waals surface area (Å²) >= 11 is 3.62. The zero-order valence-electron chi connectivity index (χ0n) is 19.0. The molecule has 2 aromatic carbocycles. The Hall–Kier alpha value is -2.47. The molecule has 1 fully saturated rings. The molecule has 1 aromatic heterocycles. The van der Waals surface area contributed by atoms with Gasteiger partial charge in [0.2, 0.25) is 10.0 Å². The van der Waals surface area contributed by atoms with Crippen LogP contribution in [0, 0.1) is 16.0 Å². The lowest BCUT2D eigenvalue weighted by molar-refractivity contribution is -0.387. The summed E-state index contributed by atoms with van der Waals surface area (Å²) in [7, 11) is -3.94. The Kier molecular flexibility index (Phi) is 7.10. The van der Waals surface area contributed by atoms with Crippen LogP contribution >= 0.6 is 23.1 Å². The second kappa shape index (κ2) is 10.3. The molecule has 0 saturated heterocycles. The standard InChI is InChI=1S/C24H26N4O4S3/c29-28(30)19-6-2-4-8-22(19)35(31,32)25-15-16-9-11-17(12-10-16)26-24-27-23-18-5-1-3-7-20(18)33-14-13-21(23)34-24/h1-8,16-17,25H,9-15H2,(H,26,27)/t16-,17-. The summed E-state index contributed by atoms with van der Waals surface area (Å²) < 4.78 is 27.9. The third-order valence-electron chi connectivity index (χ3n) is 6.51. The van der Waals surface area contributed by atoms with Crippen molar-refractivity contribution in [2.24, 2.45) is 5.92 Å². The number of para-hydroxylation sites is 1. The van der Waals surface area contributed by atoms with Crippen LogP contribution in [0.2, 0.25) is 0 Å². The van der Waals surface area contributed by atoms with Crippen molar-refractivity contribution >= 4 is 43.9 Å². The van der Waals surface area contributed by atoms with Gasteiger partial charge in [-0.3, -0.25) is 10.1 Å². The van der Waals surface area contributed by atoms with Crippen molar-refractivity contribution in [3.05, 3.63) is 63.5 Å². The molecule has 2 N–H and O–H groups in total. The summed E-state index contributed by atoms with van der Waals surface area (Å²) in [5.74, 6) is 1.25. The van der Waals surface area contributed by atoms with Crippen LogP contribution in [0.5, 0.6) is 0 Å². The molecule has 184 valence electrons. The Labute approximate surface area is 212 Å². The number of sulfonamides is 1. The Balaban J connectivity index is 1.17. The number of aryl methyl sites for hydroxylation is 1. The molecular formula is C24H26N4O4S3. The molecule has 11 heteroatoms. The van der Waals surface area contributed by atoms with Gasteiger partial charge in [-0.2, -0.15) is 0 Å². The molecule has 3 aromatic rings. The number of anilines is 1. The van der Waals surface area contributed by atoms with Gasteiger partial charge in [-0.25, -0.2) is 18.1 Å². The average molecular weight is 531 g/mol. The zero-order chi connectivity index (χ0) is 24.4. The minimum absolute atomic E-state index is 0.197. The fourth-order valence-electron chi connectivity index (χ4n) is 4.66. The fraction of sp³-hybridized carbons (Fsp3) is 0.375. The van der Waals surface area contributed by atoms with Gasteiger partial charge in [-0.05, 0) is 50.2 Å². The summed E-state index contributed by atoms with van der Waals surface area (Å²) in [5, 5.41) is 15.8. The maximum absolute atomic E-state index is 12.7. The van der Waals surface area contributed by atoms with Gasteiger partial charge >= 0.3 is 0 Å². The quantitative estimate of drug-likeness (QED) is 0.314. The molecule has 35 heavy (non-hydrogen) atoms. The average Bonchev–Trinajstić information content (AvgIpc) is 3.18. The van der Waals surface area contributed by atoms with E-state index in [1.54, 1.807) is 11.3 Å². The lowest BCUT2D eigenvalue weighted by Gasteiger charge is -2.29. The van der Waals surface area contributed by atoms with E-state index in [9.17, 15) is 18.5 Å². The van der Waals surface area contributed by atoms with Crippen LogP contribution in [0.4, 0.5) is 10.8 Å². The third-order valence-corrected chi connectivity index (χ3v) is 10.1. The van der Waals surface area contributed by atoms with E-state index in [0.29, 0.717) is 6.04 Å². The Morgan fingerprint density at radius 2 is 1.80 bits per heavy atom. The molecule has 1 aliphatic heterocycles. The van der Waals surface area contributed by atoms with E-state index in [0.717, 1.165) is 48.7 Å². The van der Waals surface area contributed by atoms with E-state index in [-0.39, 0.29) is 17.4 Å². The predicted molar refractivity (Wildman–Crippen MR) is 140 cm³/mol. The van der Waals surface area contributed by atoms with Crippen LogP contribution in [-0.2, 0) is 16.4 Å². The number of nitro benzene ring substituents is 1. The molecule has 0 atom stereocenters. The maximum Gasteiger partial charge on any atom is 0.289 e. The number of nitro groups is 1. The monoisotopic (exact) mass is 530 g/mol. The number of aromatic nitrogens is 1. The first kappa shape index (κ1) is 24.2. The molecule has 2 heterocycles. The summed E-state index contributed by atoms with van der Waals surface area (Å²) in [6.07, 6.45) is 4.62. The van der Waals surface area contributed by atoms with Gasteiger partial charge in [0.05, 0.1) is 10.6 Å². The molecule has 1 saturated carbocycles. The van der Waals surface area contributed by atoms with Crippen molar-refractivity contribution in [1.82, 2.24) is 9.71 Å². The maximum atomic E-state index is 12.7. The second-order valence-corrected chi connectivity index (χ2v) is 12.8. The van der Waals surface area contributed by atoms with Crippen LogP contribution in [0.15, 0.2) is 58.3 Å². The van der Waals surface area contributed by atoms with Gasteiger partial charge in [-0.1, -0.05) is 30.3 Å². The van der Waals surface area contributed by atoms with E-state index >= 15 is 0 Å². The normalized spacial score (nSPS) is 19.9. The Morgan fingerprint density at radius 1 is 1.06 bits per heavy atom. The number of hydrogen-bond acceptors (Lipinski definition) is 8. The van der Waals surface area contributed by atoms with Crippen LogP contribution < -0.4 is 10.0 Å². The third kappa shape index (κ3) is 5.37. The minimum atomic E-state index is -3.94. The number of hydrogen-bond donors (Lipinski definition) is 2. The van der Waals surface area contributed by atoms with E-state index in [1.807, 2.05) is 11.8 Å². The fourth-order valence-corrected chi connectivity index (χ4v) is 8.15. The van der Waals surface area contributed by atoms with Crippen molar-refractivity contribution in [2.45, 2.75) is 47.9 Å². The highest BCUT2D eigenvalue weighted by molar-refractivity contribution is 7.99. The number of thiazole rings is 1. The Morgan fingerprint density at radius 3 is 2.60 bits per heavy atom. The molecule has 0 bridgehead atoms. The first-order chi connectivity index (χ1) is 16.9. The molecule has 0 radical (unpaired) electrons. The van der Waals surface area contributed by atoms with E-state index in [2.05, 4.69) is 34.3 Å². The second-order valence-electron chi connectivity index (χ2n) is 8.82.